The minimum absolute atomic E-state index is 0.718. The minimum Gasteiger partial charge on any atom is -0.336 e. The van der Waals surface area contributed by atoms with E-state index in [9.17, 15) is 0 Å². The molecule has 0 aliphatic heterocycles. The SMILES string of the molecule is Clc1ccc(-c2nn(CCn3ccnc3)c3ccncc23)cc1. The van der Waals surface area contributed by atoms with Gasteiger partial charge in [-0.3, -0.25) is 9.67 Å². The topological polar surface area (TPSA) is 48.5 Å². The Balaban J connectivity index is 1.75. The molecular weight excluding hydrogens is 310 g/mol. The smallest absolute Gasteiger partial charge is 0.102 e. The van der Waals surface area contributed by atoms with Gasteiger partial charge in [0.25, 0.3) is 0 Å². The molecule has 0 amide bonds. The van der Waals surface area contributed by atoms with Crippen molar-refractivity contribution in [2.75, 3.05) is 0 Å². The van der Waals surface area contributed by atoms with Crippen LogP contribution in [0.4, 0.5) is 0 Å². The highest BCUT2D eigenvalue weighted by Gasteiger charge is 2.12. The van der Waals surface area contributed by atoms with Crippen LogP contribution in [0, 0.1) is 0 Å². The Morgan fingerprint density at radius 1 is 0.957 bits per heavy atom. The van der Waals surface area contributed by atoms with Crippen LogP contribution in [0.3, 0.4) is 0 Å². The Labute approximate surface area is 138 Å². The first-order valence-electron chi connectivity index (χ1n) is 7.33. The summed E-state index contributed by atoms with van der Waals surface area (Å²) in [5, 5.41) is 6.55. The molecule has 0 bridgehead atoms. The van der Waals surface area contributed by atoms with Gasteiger partial charge < -0.3 is 4.57 Å². The average Bonchev–Trinajstić information content (AvgIpc) is 3.21. The molecule has 0 aliphatic rings. The second-order valence-corrected chi connectivity index (χ2v) is 5.71. The van der Waals surface area contributed by atoms with Gasteiger partial charge in [0.2, 0.25) is 0 Å². The maximum absolute atomic E-state index is 5.98. The van der Waals surface area contributed by atoms with Crippen molar-refractivity contribution >= 4 is 22.5 Å². The molecule has 0 unspecified atom stereocenters. The van der Waals surface area contributed by atoms with Crippen molar-refractivity contribution in [3.63, 3.8) is 0 Å². The summed E-state index contributed by atoms with van der Waals surface area (Å²) >= 11 is 5.98. The number of aryl methyl sites for hydroxylation is 2. The number of nitrogens with zero attached hydrogens (tertiary/aromatic N) is 5. The third-order valence-corrected chi connectivity index (χ3v) is 4.05. The fourth-order valence-corrected chi connectivity index (χ4v) is 2.77. The van der Waals surface area contributed by atoms with Crippen molar-refractivity contribution in [1.82, 2.24) is 24.3 Å². The summed E-state index contributed by atoms with van der Waals surface area (Å²) in [7, 11) is 0. The van der Waals surface area contributed by atoms with Crippen molar-refractivity contribution in [3.05, 3.63) is 66.5 Å². The molecule has 3 aromatic heterocycles. The molecule has 0 N–H and O–H groups in total. The van der Waals surface area contributed by atoms with Crippen LogP contribution >= 0.6 is 11.6 Å². The number of halogens is 1. The van der Waals surface area contributed by atoms with E-state index in [0.717, 1.165) is 40.3 Å². The van der Waals surface area contributed by atoms with Crippen molar-refractivity contribution in [1.29, 1.82) is 0 Å². The van der Waals surface area contributed by atoms with Crippen LogP contribution in [-0.4, -0.2) is 24.3 Å². The van der Waals surface area contributed by atoms with E-state index in [1.807, 2.05) is 58.3 Å². The van der Waals surface area contributed by atoms with Gasteiger partial charge in [0.05, 0.1) is 18.4 Å². The van der Waals surface area contributed by atoms with E-state index in [0.29, 0.717) is 0 Å². The molecule has 0 fully saturated rings. The third kappa shape index (κ3) is 2.71. The minimum atomic E-state index is 0.718. The van der Waals surface area contributed by atoms with Gasteiger partial charge in [0.15, 0.2) is 0 Å². The Morgan fingerprint density at radius 3 is 2.61 bits per heavy atom. The lowest BCUT2D eigenvalue weighted by molar-refractivity contribution is 0.547. The maximum atomic E-state index is 5.98. The third-order valence-electron chi connectivity index (χ3n) is 3.80. The summed E-state index contributed by atoms with van der Waals surface area (Å²) in [6.07, 6.45) is 9.20. The summed E-state index contributed by atoms with van der Waals surface area (Å²) < 4.78 is 4.05. The summed E-state index contributed by atoms with van der Waals surface area (Å²) in [4.78, 5) is 8.31. The lowest BCUT2D eigenvalue weighted by atomic mass is 10.1. The Morgan fingerprint density at radius 2 is 1.83 bits per heavy atom. The van der Waals surface area contributed by atoms with E-state index in [-0.39, 0.29) is 0 Å². The summed E-state index contributed by atoms with van der Waals surface area (Å²) in [5.41, 5.74) is 3.04. The normalized spacial score (nSPS) is 11.2. The van der Waals surface area contributed by atoms with Gasteiger partial charge in [-0.15, -0.1) is 0 Å². The molecule has 4 rings (SSSR count). The van der Waals surface area contributed by atoms with Crippen molar-refractivity contribution in [2.45, 2.75) is 13.1 Å². The number of pyridine rings is 1. The van der Waals surface area contributed by atoms with Crippen LogP contribution in [0.5, 0.6) is 0 Å². The van der Waals surface area contributed by atoms with Crippen molar-refractivity contribution in [2.24, 2.45) is 0 Å². The van der Waals surface area contributed by atoms with Crippen LogP contribution in [0.25, 0.3) is 22.2 Å². The number of hydrogen-bond acceptors (Lipinski definition) is 3. The van der Waals surface area contributed by atoms with Gasteiger partial charge in [-0.1, -0.05) is 23.7 Å². The van der Waals surface area contributed by atoms with Gasteiger partial charge in [-0.05, 0) is 18.2 Å². The second kappa shape index (κ2) is 5.85. The lowest BCUT2D eigenvalue weighted by Gasteiger charge is -2.04. The van der Waals surface area contributed by atoms with E-state index in [1.165, 1.54) is 0 Å². The molecule has 5 nitrogen and oxygen atoms in total. The molecule has 0 radical (unpaired) electrons. The first kappa shape index (κ1) is 14.0. The molecule has 0 saturated carbocycles. The lowest BCUT2D eigenvalue weighted by Crippen LogP contribution is -2.07. The van der Waals surface area contributed by atoms with Crippen LogP contribution in [0.2, 0.25) is 5.02 Å². The van der Waals surface area contributed by atoms with Crippen LogP contribution in [0.1, 0.15) is 0 Å². The van der Waals surface area contributed by atoms with E-state index >= 15 is 0 Å². The Bertz CT molecular complexity index is 925. The molecule has 6 heteroatoms. The number of rotatable bonds is 4. The summed E-state index contributed by atoms with van der Waals surface area (Å²) in [5.74, 6) is 0. The number of aromatic nitrogens is 5. The van der Waals surface area contributed by atoms with Gasteiger partial charge in [0.1, 0.15) is 5.69 Å². The van der Waals surface area contributed by atoms with E-state index in [1.54, 1.807) is 12.4 Å². The predicted molar refractivity (Wildman–Crippen MR) is 90.2 cm³/mol. The van der Waals surface area contributed by atoms with Crippen LogP contribution < -0.4 is 0 Å². The van der Waals surface area contributed by atoms with E-state index in [4.69, 9.17) is 16.7 Å². The highest BCUT2D eigenvalue weighted by atomic mass is 35.5. The summed E-state index contributed by atoms with van der Waals surface area (Å²) in [6.45, 7) is 1.59. The van der Waals surface area contributed by atoms with Gasteiger partial charge >= 0.3 is 0 Å². The maximum Gasteiger partial charge on any atom is 0.102 e. The highest BCUT2D eigenvalue weighted by Crippen LogP contribution is 2.28. The zero-order valence-corrected chi connectivity index (χ0v) is 13.1. The molecule has 0 aliphatic carbocycles. The Kier molecular flexibility index (Phi) is 3.55. The first-order chi connectivity index (χ1) is 11.3. The first-order valence-corrected chi connectivity index (χ1v) is 7.71. The average molecular weight is 324 g/mol. The van der Waals surface area contributed by atoms with Gasteiger partial charge in [-0.25, -0.2) is 4.98 Å². The molecule has 1 aromatic carbocycles. The number of benzene rings is 1. The summed E-state index contributed by atoms with van der Waals surface area (Å²) in [6, 6.07) is 9.72. The molecule has 4 aromatic rings. The number of imidazole rings is 1. The second-order valence-electron chi connectivity index (χ2n) is 5.27. The monoisotopic (exact) mass is 323 g/mol. The van der Waals surface area contributed by atoms with Crippen molar-refractivity contribution < 1.29 is 0 Å². The predicted octanol–water partition coefficient (Wildman–Crippen LogP) is 3.65. The van der Waals surface area contributed by atoms with E-state index in [2.05, 4.69) is 9.97 Å². The molecular formula is C17H14ClN5. The molecule has 3 heterocycles. The zero-order valence-electron chi connectivity index (χ0n) is 12.3. The van der Waals surface area contributed by atoms with Crippen LogP contribution in [0.15, 0.2) is 61.4 Å². The van der Waals surface area contributed by atoms with E-state index < -0.39 is 0 Å². The highest BCUT2D eigenvalue weighted by molar-refractivity contribution is 6.30. The molecule has 0 spiro atoms. The largest absolute Gasteiger partial charge is 0.336 e. The fraction of sp³-hybridized carbons (Fsp3) is 0.118. The van der Waals surface area contributed by atoms with Crippen molar-refractivity contribution in [3.8, 4) is 11.3 Å². The number of fused-ring (bicyclic) bond motifs is 1. The fourth-order valence-electron chi connectivity index (χ4n) is 2.64. The molecule has 114 valence electrons. The Hall–Kier alpha value is -2.66. The quantitative estimate of drug-likeness (QED) is 0.576. The molecule has 0 atom stereocenters. The zero-order chi connectivity index (χ0) is 15.6. The number of hydrogen-bond donors (Lipinski definition) is 0. The molecule has 23 heavy (non-hydrogen) atoms. The van der Waals surface area contributed by atoms with Gasteiger partial charge in [0, 0.05) is 47.3 Å². The molecule has 0 saturated heterocycles. The van der Waals surface area contributed by atoms with Gasteiger partial charge in [-0.2, -0.15) is 5.10 Å². The standard InChI is InChI=1S/C17H14ClN5/c18-14-3-1-13(2-4-14)17-15-11-19-6-5-16(15)23(21-17)10-9-22-8-7-20-12-22/h1-8,11-12H,9-10H2. The van der Waals surface area contributed by atoms with Crippen LogP contribution in [-0.2, 0) is 13.1 Å².